The standard InChI is InChI=1S/C12H12N2/c1-2-5-11(6-3-1)9-14-12-7-4-8-13-10-12/h1-8,10,14H,9H2. The van der Waals surface area contributed by atoms with Crippen LogP contribution in [-0.2, 0) is 6.54 Å². The molecule has 2 nitrogen and oxygen atoms in total. The highest BCUT2D eigenvalue weighted by molar-refractivity contribution is 5.40. The van der Waals surface area contributed by atoms with Crippen molar-refractivity contribution < 1.29 is 0 Å². The molecule has 14 heavy (non-hydrogen) atoms. The summed E-state index contributed by atoms with van der Waals surface area (Å²) >= 11 is 0. The van der Waals surface area contributed by atoms with E-state index in [9.17, 15) is 0 Å². The number of anilines is 1. The monoisotopic (exact) mass is 184 g/mol. The number of benzene rings is 1. The van der Waals surface area contributed by atoms with Gasteiger partial charge >= 0.3 is 0 Å². The van der Waals surface area contributed by atoms with Gasteiger partial charge in [-0.2, -0.15) is 0 Å². The molecule has 0 spiro atoms. The number of nitrogens with one attached hydrogen (secondary N) is 1. The Bertz CT molecular complexity index is 331. The maximum atomic E-state index is 4.03. The lowest BCUT2D eigenvalue weighted by Gasteiger charge is -2.04. The number of nitrogens with zero attached hydrogens (tertiary/aromatic N) is 1. The van der Waals surface area contributed by atoms with Crippen molar-refractivity contribution in [2.75, 3.05) is 5.32 Å². The van der Waals surface area contributed by atoms with Gasteiger partial charge in [0.2, 0.25) is 0 Å². The Kier molecular flexibility index (Phi) is 2.76. The Morgan fingerprint density at radius 1 is 1.00 bits per heavy atom. The van der Waals surface area contributed by atoms with Gasteiger partial charge in [-0.1, -0.05) is 30.3 Å². The maximum absolute atomic E-state index is 4.03. The van der Waals surface area contributed by atoms with Crippen LogP contribution in [0.5, 0.6) is 0 Å². The first kappa shape index (κ1) is 8.75. The largest absolute Gasteiger partial charge is 0.380 e. The zero-order valence-electron chi connectivity index (χ0n) is 7.85. The molecule has 1 aromatic heterocycles. The van der Waals surface area contributed by atoms with E-state index in [2.05, 4.69) is 22.4 Å². The van der Waals surface area contributed by atoms with Gasteiger partial charge in [-0.3, -0.25) is 4.98 Å². The third-order valence-corrected chi connectivity index (χ3v) is 2.00. The normalized spacial score (nSPS) is 9.71. The molecule has 0 atom stereocenters. The van der Waals surface area contributed by atoms with Gasteiger partial charge in [0.25, 0.3) is 0 Å². The summed E-state index contributed by atoms with van der Waals surface area (Å²) in [6, 6.07) is 14.2. The van der Waals surface area contributed by atoms with E-state index in [1.54, 1.807) is 6.20 Å². The van der Waals surface area contributed by atoms with Crippen molar-refractivity contribution in [1.82, 2.24) is 4.98 Å². The summed E-state index contributed by atoms with van der Waals surface area (Å²) < 4.78 is 0. The summed E-state index contributed by atoms with van der Waals surface area (Å²) in [6.07, 6.45) is 3.59. The van der Waals surface area contributed by atoms with Crippen LogP contribution >= 0.6 is 0 Å². The predicted molar refractivity (Wildman–Crippen MR) is 58.0 cm³/mol. The molecule has 0 bridgehead atoms. The Balaban J connectivity index is 1.96. The van der Waals surface area contributed by atoms with Crippen LogP contribution in [0.2, 0.25) is 0 Å². The van der Waals surface area contributed by atoms with E-state index >= 15 is 0 Å². The lowest BCUT2D eigenvalue weighted by atomic mass is 10.2. The van der Waals surface area contributed by atoms with Crippen LogP contribution in [0.25, 0.3) is 0 Å². The van der Waals surface area contributed by atoms with Gasteiger partial charge in [0.05, 0.1) is 5.69 Å². The fourth-order valence-electron chi connectivity index (χ4n) is 1.27. The van der Waals surface area contributed by atoms with Gasteiger partial charge in [0.15, 0.2) is 0 Å². The number of pyridine rings is 1. The molecule has 2 rings (SSSR count). The van der Waals surface area contributed by atoms with Crippen LogP contribution in [0.3, 0.4) is 0 Å². The van der Waals surface area contributed by atoms with E-state index in [4.69, 9.17) is 0 Å². The highest BCUT2D eigenvalue weighted by atomic mass is 14.9. The predicted octanol–water partition coefficient (Wildman–Crippen LogP) is 2.69. The molecule has 0 amide bonds. The van der Waals surface area contributed by atoms with Gasteiger partial charge < -0.3 is 5.32 Å². The number of aromatic nitrogens is 1. The van der Waals surface area contributed by atoms with Crippen LogP contribution in [0.1, 0.15) is 5.56 Å². The Labute approximate surface area is 83.6 Å². The first-order chi connectivity index (χ1) is 6.95. The molecule has 0 aliphatic rings. The lowest BCUT2D eigenvalue weighted by Crippen LogP contribution is -1.98. The van der Waals surface area contributed by atoms with Crippen LogP contribution in [0.15, 0.2) is 54.9 Å². The van der Waals surface area contributed by atoms with Crippen molar-refractivity contribution in [3.63, 3.8) is 0 Å². The first-order valence-electron chi connectivity index (χ1n) is 4.63. The molecule has 2 heteroatoms. The number of hydrogen-bond donors (Lipinski definition) is 1. The Morgan fingerprint density at radius 2 is 1.86 bits per heavy atom. The smallest absolute Gasteiger partial charge is 0.0529 e. The average Bonchev–Trinajstić information content (AvgIpc) is 2.29. The van der Waals surface area contributed by atoms with Crippen molar-refractivity contribution in [3.05, 3.63) is 60.4 Å². The van der Waals surface area contributed by atoms with E-state index in [1.165, 1.54) is 5.56 Å². The second kappa shape index (κ2) is 4.42. The minimum absolute atomic E-state index is 0.840. The molecule has 0 saturated carbocycles. The van der Waals surface area contributed by atoms with E-state index < -0.39 is 0 Å². The molecule has 0 aliphatic heterocycles. The fraction of sp³-hybridized carbons (Fsp3) is 0.0833. The van der Waals surface area contributed by atoms with E-state index in [1.807, 2.05) is 36.5 Å². The molecule has 0 aliphatic carbocycles. The minimum atomic E-state index is 0.840. The molecule has 0 fully saturated rings. The quantitative estimate of drug-likeness (QED) is 0.793. The molecule has 2 aromatic rings. The summed E-state index contributed by atoms with van der Waals surface area (Å²) in [6.45, 7) is 0.840. The summed E-state index contributed by atoms with van der Waals surface area (Å²) in [5.41, 5.74) is 2.33. The van der Waals surface area contributed by atoms with Gasteiger partial charge in [0.1, 0.15) is 0 Å². The molecular weight excluding hydrogens is 172 g/mol. The highest BCUT2D eigenvalue weighted by Gasteiger charge is 1.91. The fourth-order valence-corrected chi connectivity index (χ4v) is 1.27. The summed E-state index contributed by atoms with van der Waals surface area (Å²) in [5.74, 6) is 0. The maximum Gasteiger partial charge on any atom is 0.0529 e. The first-order valence-corrected chi connectivity index (χ1v) is 4.63. The minimum Gasteiger partial charge on any atom is -0.380 e. The highest BCUT2D eigenvalue weighted by Crippen LogP contribution is 2.06. The zero-order chi connectivity index (χ0) is 9.64. The molecule has 1 heterocycles. The van der Waals surface area contributed by atoms with Gasteiger partial charge in [-0.25, -0.2) is 0 Å². The van der Waals surface area contributed by atoms with Crippen LogP contribution < -0.4 is 5.32 Å². The molecular formula is C12H12N2. The summed E-state index contributed by atoms with van der Waals surface area (Å²) in [7, 11) is 0. The van der Waals surface area contributed by atoms with Gasteiger partial charge in [0, 0.05) is 18.9 Å². The Hall–Kier alpha value is -1.83. The van der Waals surface area contributed by atoms with Gasteiger partial charge in [-0.05, 0) is 17.7 Å². The molecule has 70 valence electrons. The molecule has 1 aromatic carbocycles. The third kappa shape index (κ3) is 2.33. The van der Waals surface area contributed by atoms with Crippen LogP contribution in [0, 0.1) is 0 Å². The number of rotatable bonds is 3. The molecule has 0 saturated heterocycles. The third-order valence-electron chi connectivity index (χ3n) is 2.00. The van der Waals surface area contributed by atoms with Gasteiger partial charge in [-0.15, -0.1) is 0 Å². The SMILES string of the molecule is c1ccc(CNc2cccnc2)cc1. The average molecular weight is 184 g/mol. The van der Waals surface area contributed by atoms with E-state index in [0.717, 1.165) is 12.2 Å². The second-order valence-electron chi connectivity index (χ2n) is 3.08. The van der Waals surface area contributed by atoms with Crippen molar-refractivity contribution in [1.29, 1.82) is 0 Å². The lowest BCUT2D eigenvalue weighted by molar-refractivity contribution is 1.14. The summed E-state index contributed by atoms with van der Waals surface area (Å²) in [5, 5.41) is 3.30. The Morgan fingerprint density at radius 3 is 2.57 bits per heavy atom. The number of hydrogen-bond acceptors (Lipinski definition) is 2. The molecule has 0 radical (unpaired) electrons. The van der Waals surface area contributed by atoms with Crippen molar-refractivity contribution in [2.24, 2.45) is 0 Å². The van der Waals surface area contributed by atoms with E-state index in [-0.39, 0.29) is 0 Å². The van der Waals surface area contributed by atoms with Crippen LogP contribution in [0.4, 0.5) is 5.69 Å². The van der Waals surface area contributed by atoms with Crippen LogP contribution in [-0.4, -0.2) is 4.98 Å². The van der Waals surface area contributed by atoms with Crippen molar-refractivity contribution in [2.45, 2.75) is 6.54 Å². The van der Waals surface area contributed by atoms with Crippen molar-refractivity contribution >= 4 is 5.69 Å². The van der Waals surface area contributed by atoms with E-state index in [0.29, 0.717) is 0 Å². The van der Waals surface area contributed by atoms with Crippen molar-refractivity contribution in [3.8, 4) is 0 Å². The zero-order valence-corrected chi connectivity index (χ0v) is 7.85. The molecule has 0 unspecified atom stereocenters. The summed E-state index contributed by atoms with van der Waals surface area (Å²) in [4.78, 5) is 4.03. The second-order valence-corrected chi connectivity index (χ2v) is 3.08. The topological polar surface area (TPSA) is 24.9 Å². The molecule has 1 N–H and O–H groups in total.